The molecule has 0 N–H and O–H groups in total. The first-order valence-corrected chi connectivity index (χ1v) is 13.6. The van der Waals surface area contributed by atoms with Gasteiger partial charge in [0.25, 0.3) is 0 Å². The minimum atomic E-state index is -0.426. The Bertz CT molecular complexity index is 1140. The molecule has 0 fully saturated rings. The lowest BCUT2D eigenvalue weighted by Crippen LogP contribution is -2.07. The zero-order valence-corrected chi connectivity index (χ0v) is 22.7. The summed E-state index contributed by atoms with van der Waals surface area (Å²) in [5.41, 5.74) is 3.23. The van der Waals surface area contributed by atoms with E-state index >= 15 is 0 Å². The van der Waals surface area contributed by atoms with Gasteiger partial charge in [0.1, 0.15) is 23.0 Å². The van der Waals surface area contributed by atoms with Crippen LogP contribution in [0.4, 0.5) is 0 Å². The summed E-state index contributed by atoms with van der Waals surface area (Å²) < 4.78 is 12.1. The minimum Gasteiger partial charge on any atom is -0.493 e. The topological polar surface area (TPSA) is 52.6 Å². The number of rotatable bonds is 13. The first kappa shape index (κ1) is 27.8. The van der Waals surface area contributed by atoms with Gasteiger partial charge >= 0.3 is 0 Å². The highest BCUT2D eigenvalue weighted by Gasteiger charge is 2.19. The van der Waals surface area contributed by atoms with E-state index in [0.717, 1.165) is 72.2 Å². The zero-order chi connectivity index (χ0) is 25.9. The van der Waals surface area contributed by atoms with Gasteiger partial charge in [-0.15, -0.1) is 0 Å². The summed E-state index contributed by atoms with van der Waals surface area (Å²) in [5.74, 6) is 2.43. The Hall–Kier alpha value is -2.76. The van der Waals surface area contributed by atoms with Crippen molar-refractivity contribution in [3.8, 4) is 17.2 Å². The molecule has 0 heterocycles. The van der Waals surface area contributed by atoms with Crippen LogP contribution in [0.15, 0.2) is 66.7 Å². The summed E-state index contributed by atoms with van der Waals surface area (Å²) in [5, 5.41) is 0.204. The fraction of sp³-hybridized carbons (Fsp3) is 0.333. The largest absolute Gasteiger partial charge is 0.493 e. The average Bonchev–Trinajstić information content (AvgIpc) is 2.85. The SMILES string of the molecule is CCCc1cc(Oc2ccc(Cl)cc2)ccc1OCCCCc1ccc(C(SC(C)=O)C(C)=O)cc1. The monoisotopic (exact) mass is 524 g/mol. The summed E-state index contributed by atoms with van der Waals surface area (Å²) in [6.07, 6.45) is 4.81. The van der Waals surface area contributed by atoms with Crippen molar-refractivity contribution in [1.29, 1.82) is 0 Å². The van der Waals surface area contributed by atoms with E-state index < -0.39 is 5.25 Å². The van der Waals surface area contributed by atoms with Crippen molar-refractivity contribution in [2.75, 3.05) is 6.61 Å². The molecule has 190 valence electrons. The number of halogens is 1. The summed E-state index contributed by atoms with van der Waals surface area (Å²) in [6, 6.07) is 21.3. The third-order valence-corrected chi connectivity index (χ3v) is 7.08. The molecule has 0 saturated carbocycles. The molecule has 0 aromatic heterocycles. The van der Waals surface area contributed by atoms with Crippen molar-refractivity contribution in [1.82, 2.24) is 0 Å². The van der Waals surface area contributed by atoms with Gasteiger partial charge in [0.15, 0.2) is 5.12 Å². The third kappa shape index (κ3) is 8.72. The summed E-state index contributed by atoms with van der Waals surface area (Å²) >= 11 is 7.03. The first-order chi connectivity index (χ1) is 17.4. The molecule has 0 bridgehead atoms. The lowest BCUT2D eigenvalue weighted by Gasteiger charge is -2.14. The van der Waals surface area contributed by atoms with E-state index in [2.05, 4.69) is 6.92 Å². The molecule has 4 nitrogen and oxygen atoms in total. The lowest BCUT2D eigenvalue weighted by molar-refractivity contribution is -0.117. The number of ketones is 1. The van der Waals surface area contributed by atoms with E-state index in [-0.39, 0.29) is 10.9 Å². The van der Waals surface area contributed by atoms with Crippen LogP contribution in [-0.2, 0) is 22.4 Å². The maximum Gasteiger partial charge on any atom is 0.186 e. The molecule has 0 radical (unpaired) electrons. The second-order valence-electron chi connectivity index (χ2n) is 8.72. The van der Waals surface area contributed by atoms with E-state index in [4.69, 9.17) is 21.1 Å². The minimum absolute atomic E-state index is 0.00730. The molecule has 1 unspecified atom stereocenters. The maximum atomic E-state index is 11.9. The molecule has 0 saturated heterocycles. The molecule has 0 aliphatic carbocycles. The normalized spacial score (nSPS) is 11.7. The van der Waals surface area contributed by atoms with E-state index in [0.29, 0.717) is 11.6 Å². The van der Waals surface area contributed by atoms with Gasteiger partial charge in [-0.1, -0.05) is 61.0 Å². The van der Waals surface area contributed by atoms with Gasteiger partial charge in [-0.05, 0) is 91.8 Å². The van der Waals surface area contributed by atoms with Crippen molar-refractivity contribution >= 4 is 34.3 Å². The fourth-order valence-electron chi connectivity index (χ4n) is 3.89. The Labute approximate surface area is 223 Å². The Kier molecular flexibility index (Phi) is 10.9. The molecule has 36 heavy (non-hydrogen) atoms. The molecular weight excluding hydrogens is 492 g/mol. The van der Waals surface area contributed by atoms with Crippen LogP contribution in [0.5, 0.6) is 17.2 Å². The van der Waals surface area contributed by atoms with Gasteiger partial charge in [-0.3, -0.25) is 9.59 Å². The van der Waals surface area contributed by atoms with Gasteiger partial charge in [0.2, 0.25) is 0 Å². The average molecular weight is 525 g/mol. The number of hydrogen-bond donors (Lipinski definition) is 0. The molecule has 0 aliphatic rings. The second-order valence-corrected chi connectivity index (χ2v) is 10.4. The highest BCUT2D eigenvalue weighted by Crippen LogP contribution is 2.31. The number of carbonyl (C=O) groups excluding carboxylic acids is 2. The van der Waals surface area contributed by atoms with Crippen LogP contribution in [0, 0.1) is 0 Å². The molecule has 3 rings (SSSR count). The van der Waals surface area contributed by atoms with E-state index in [1.807, 2.05) is 66.7 Å². The van der Waals surface area contributed by atoms with Crippen molar-refractivity contribution in [2.45, 2.75) is 58.1 Å². The first-order valence-electron chi connectivity index (χ1n) is 12.3. The van der Waals surface area contributed by atoms with Crippen molar-refractivity contribution in [3.63, 3.8) is 0 Å². The number of benzene rings is 3. The fourth-order valence-corrected chi connectivity index (χ4v) is 4.80. The number of carbonyl (C=O) groups is 2. The number of hydrogen-bond acceptors (Lipinski definition) is 5. The number of ether oxygens (including phenoxy) is 2. The second kappa shape index (κ2) is 14.1. The maximum absolute atomic E-state index is 11.9. The molecule has 0 amide bonds. The Morgan fingerprint density at radius 2 is 1.58 bits per heavy atom. The van der Waals surface area contributed by atoms with Crippen LogP contribution in [0.2, 0.25) is 5.02 Å². The summed E-state index contributed by atoms with van der Waals surface area (Å²) in [4.78, 5) is 23.4. The lowest BCUT2D eigenvalue weighted by atomic mass is 10.0. The van der Waals surface area contributed by atoms with Gasteiger partial charge in [0.05, 0.1) is 11.9 Å². The van der Waals surface area contributed by atoms with Gasteiger partial charge < -0.3 is 9.47 Å². The van der Waals surface area contributed by atoms with E-state index in [1.54, 1.807) is 0 Å². The molecule has 0 spiro atoms. The van der Waals surface area contributed by atoms with Crippen molar-refractivity contribution in [2.24, 2.45) is 0 Å². The molecule has 3 aromatic rings. The van der Waals surface area contributed by atoms with Crippen LogP contribution in [0.3, 0.4) is 0 Å². The predicted octanol–water partition coefficient (Wildman–Crippen LogP) is 8.40. The number of unbranched alkanes of at least 4 members (excludes halogenated alkanes) is 1. The highest BCUT2D eigenvalue weighted by molar-refractivity contribution is 8.14. The number of Topliss-reactive ketones (excluding diaryl/α,β-unsaturated/α-hetero) is 1. The molecule has 0 aliphatic heterocycles. The summed E-state index contributed by atoms with van der Waals surface area (Å²) in [6.45, 7) is 5.82. The predicted molar refractivity (Wildman–Crippen MR) is 149 cm³/mol. The molecule has 1 atom stereocenters. The van der Waals surface area contributed by atoms with Gasteiger partial charge in [0, 0.05) is 11.9 Å². The molecule has 6 heteroatoms. The van der Waals surface area contributed by atoms with Gasteiger partial charge in [-0.25, -0.2) is 0 Å². The quantitative estimate of drug-likeness (QED) is 0.210. The van der Waals surface area contributed by atoms with E-state index in [1.165, 1.54) is 19.4 Å². The molecule has 3 aromatic carbocycles. The van der Waals surface area contributed by atoms with Crippen LogP contribution < -0.4 is 9.47 Å². The highest BCUT2D eigenvalue weighted by atomic mass is 35.5. The van der Waals surface area contributed by atoms with Crippen molar-refractivity contribution < 1.29 is 19.1 Å². The standard InChI is InChI=1S/C30H33ClO4S/c1-4-7-25-20-28(35-27-15-13-26(31)14-16-27)17-18-29(25)34-19-6-5-8-23-9-11-24(12-10-23)30(21(2)32)36-22(3)33/h9-18,20,30H,4-8,19H2,1-3H3. The van der Waals surface area contributed by atoms with E-state index in [9.17, 15) is 9.59 Å². The Balaban J connectivity index is 1.49. The zero-order valence-electron chi connectivity index (χ0n) is 21.1. The van der Waals surface area contributed by atoms with Crippen LogP contribution in [0.25, 0.3) is 0 Å². The number of aryl methyl sites for hydroxylation is 2. The van der Waals surface area contributed by atoms with Crippen molar-refractivity contribution in [3.05, 3.63) is 88.4 Å². The Morgan fingerprint density at radius 3 is 2.22 bits per heavy atom. The van der Waals surface area contributed by atoms with Gasteiger partial charge in [-0.2, -0.15) is 0 Å². The third-order valence-electron chi connectivity index (χ3n) is 5.65. The van der Waals surface area contributed by atoms with Crippen LogP contribution in [-0.4, -0.2) is 17.5 Å². The van der Waals surface area contributed by atoms with Crippen LogP contribution >= 0.6 is 23.4 Å². The summed E-state index contributed by atoms with van der Waals surface area (Å²) in [7, 11) is 0. The number of thioether (sulfide) groups is 1. The molecular formula is C30H33ClO4S. The van der Waals surface area contributed by atoms with Crippen LogP contribution in [0.1, 0.15) is 62.0 Å². The Morgan fingerprint density at radius 1 is 0.889 bits per heavy atom. The smallest absolute Gasteiger partial charge is 0.186 e.